The van der Waals surface area contributed by atoms with Crippen molar-refractivity contribution in [3.05, 3.63) is 77.1 Å². The van der Waals surface area contributed by atoms with Crippen molar-refractivity contribution in [1.82, 2.24) is 25.2 Å². The van der Waals surface area contributed by atoms with Crippen LogP contribution in [0.25, 0.3) is 21.9 Å². The first-order valence-electron chi connectivity index (χ1n) is 20.8. The van der Waals surface area contributed by atoms with Crippen LogP contribution in [-0.4, -0.2) is 91.9 Å². The van der Waals surface area contributed by atoms with Gasteiger partial charge in [-0.3, -0.25) is 9.35 Å². The van der Waals surface area contributed by atoms with Gasteiger partial charge in [0.1, 0.15) is 51.7 Å². The quantitative estimate of drug-likeness (QED) is 0.0401. The average Bonchev–Trinajstić information content (AvgIpc) is 3.59. The first kappa shape index (κ1) is 47.2. The van der Waals surface area contributed by atoms with Gasteiger partial charge in [-0.05, 0) is 82.3 Å². The third-order valence-corrected chi connectivity index (χ3v) is 10.9. The summed E-state index contributed by atoms with van der Waals surface area (Å²) in [5, 5.41) is 9.45. The molecule has 2 aromatic heterocycles. The predicted octanol–water partition coefficient (Wildman–Crippen LogP) is 7.23. The number of alkyl carbamates (subject to hydrolysis) is 1. The average molecular weight is 877 g/mol. The minimum Gasteiger partial charge on any atom is -0.497 e. The maximum atomic E-state index is 12.8. The summed E-state index contributed by atoms with van der Waals surface area (Å²) >= 11 is 0. The summed E-state index contributed by atoms with van der Waals surface area (Å²) in [6.07, 6.45) is 4.66. The Hall–Kier alpha value is -5.81. The van der Waals surface area contributed by atoms with Crippen LogP contribution in [0.1, 0.15) is 82.3 Å². The number of methoxy groups -OCH3 is 4. The predicted molar refractivity (Wildman–Crippen MR) is 239 cm³/mol. The molecule has 62 heavy (non-hydrogen) atoms. The highest BCUT2D eigenvalue weighted by molar-refractivity contribution is 7.85. The lowest BCUT2D eigenvalue weighted by molar-refractivity contribution is -0.122. The summed E-state index contributed by atoms with van der Waals surface area (Å²) in [7, 11) is 1.97. The Bertz CT molecular complexity index is 2450. The van der Waals surface area contributed by atoms with Crippen molar-refractivity contribution < 1.29 is 46.2 Å². The molecule has 0 aliphatic carbocycles. The van der Waals surface area contributed by atoms with Gasteiger partial charge in [0.25, 0.3) is 10.1 Å². The van der Waals surface area contributed by atoms with Crippen molar-refractivity contribution in [2.75, 3.05) is 46.1 Å². The number of pyridine rings is 1. The number of anilines is 1. The van der Waals surface area contributed by atoms with E-state index in [1.165, 1.54) is 0 Å². The van der Waals surface area contributed by atoms with Gasteiger partial charge in [0, 0.05) is 48.2 Å². The molecule has 0 saturated heterocycles. The zero-order valence-corrected chi connectivity index (χ0v) is 37.7. The highest BCUT2D eigenvalue weighted by Crippen LogP contribution is 2.35. The molecule has 5 rings (SSSR count). The topological polar surface area (TPSA) is 201 Å². The lowest BCUT2D eigenvalue weighted by Gasteiger charge is -2.22. The van der Waals surface area contributed by atoms with E-state index in [9.17, 15) is 22.6 Å². The van der Waals surface area contributed by atoms with Crippen LogP contribution >= 0.6 is 0 Å². The Kier molecular flexibility index (Phi) is 16.2. The first-order chi connectivity index (χ1) is 29.6. The van der Waals surface area contributed by atoms with E-state index < -0.39 is 39.5 Å². The van der Waals surface area contributed by atoms with E-state index in [-0.39, 0.29) is 6.54 Å². The Morgan fingerprint density at radius 2 is 1.50 bits per heavy atom. The van der Waals surface area contributed by atoms with Gasteiger partial charge < -0.3 is 44.2 Å². The molecule has 0 aliphatic rings. The van der Waals surface area contributed by atoms with Crippen LogP contribution in [0.5, 0.6) is 23.0 Å². The number of hydrogen-bond donors (Lipinski definition) is 4. The number of carbonyl (C=O) groups is 2. The SMILES string of the molecule is CCCCc1nc2c(NCc3ccc(OC)cc3OC)nc3cc(CCCCCNC(=O)C(CS(=O)(=O)O)NC(=O)OC(C)(C)C)ccc3c2n1Cc1ccc(OC)cc1OC. The number of rotatable bonds is 22. The van der Waals surface area contributed by atoms with Gasteiger partial charge in [0.15, 0.2) is 5.82 Å². The number of amides is 2. The van der Waals surface area contributed by atoms with Crippen LogP contribution in [-0.2, 0) is 45.6 Å². The lowest BCUT2D eigenvalue weighted by atomic mass is 10.0. The van der Waals surface area contributed by atoms with Crippen LogP contribution in [0.2, 0.25) is 0 Å². The smallest absolute Gasteiger partial charge is 0.408 e. The molecule has 0 spiro atoms. The van der Waals surface area contributed by atoms with E-state index in [0.717, 1.165) is 83.0 Å². The molecule has 3 aromatic carbocycles. The molecular weight excluding hydrogens is 817 g/mol. The van der Waals surface area contributed by atoms with Crippen molar-refractivity contribution >= 4 is 49.9 Å². The minimum atomic E-state index is -4.57. The summed E-state index contributed by atoms with van der Waals surface area (Å²) in [5.41, 5.74) is 4.65. The maximum absolute atomic E-state index is 12.8. The third-order valence-electron chi connectivity index (χ3n) is 10.2. The Morgan fingerprint density at radius 1 is 0.823 bits per heavy atom. The van der Waals surface area contributed by atoms with Crippen LogP contribution < -0.4 is 34.9 Å². The van der Waals surface area contributed by atoms with Crippen molar-refractivity contribution in [2.24, 2.45) is 0 Å². The molecule has 0 aliphatic heterocycles. The number of hydrogen-bond acceptors (Lipinski definition) is 12. The molecule has 1 atom stereocenters. The number of fused-ring (bicyclic) bond motifs is 3. The molecule has 0 fully saturated rings. The van der Waals surface area contributed by atoms with E-state index in [1.54, 1.807) is 49.2 Å². The zero-order valence-electron chi connectivity index (χ0n) is 36.9. The molecule has 4 N–H and O–H groups in total. The summed E-state index contributed by atoms with van der Waals surface area (Å²) < 4.78 is 62.4. The Labute approximate surface area is 363 Å². The highest BCUT2D eigenvalue weighted by atomic mass is 32.2. The zero-order chi connectivity index (χ0) is 45.0. The summed E-state index contributed by atoms with van der Waals surface area (Å²) in [4.78, 5) is 35.6. The van der Waals surface area contributed by atoms with E-state index in [2.05, 4.69) is 45.6 Å². The fourth-order valence-electron chi connectivity index (χ4n) is 7.09. The van der Waals surface area contributed by atoms with Gasteiger partial charge in [-0.25, -0.2) is 14.8 Å². The molecule has 0 saturated carbocycles. The Balaban J connectivity index is 1.40. The van der Waals surface area contributed by atoms with Gasteiger partial charge >= 0.3 is 6.09 Å². The lowest BCUT2D eigenvalue weighted by Crippen LogP contribution is -2.51. The molecule has 2 amide bonds. The maximum Gasteiger partial charge on any atom is 0.408 e. The second-order valence-corrected chi connectivity index (χ2v) is 17.5. The fourth-order valence-corrected chi connectivity index (χ4v) is 7.75. The van der Waals surface area contributed by atoms with Crippen molar-refractivity contribution in [3.63, 3.8) is 0 Å². The van der Waals surface area contributed by atoms with E-state index in [1.807, 2.05) is 36.4 Å². The standard InChI is InChI=1S/C45H60N6O10S/c1-9-10-15-39-50-40-41(51(39)27-31-18-20-33(58-6)25-38(31)60-8)34-21-16-29(23-35(34)48-42(40)47-26-30-17-19-32(57-5)24-37(30)59-7)14-12-11-13-22-46-43(52)36(28-62(54,55)56)49-44(53)61-45(2,3)4/h16-21,23-25,36H,9-15,22,26-28H2,1-8H3,(H,46,52)(H,47,48)(H,49,53)(H,54,55,56). The first-order valence-corrected chi connectivity index (χ1v) is 22.4. The van der Waals surface area contributed by atoms with Crippen LogP contribution in [0.3, 0.4) is 0 Å². The van der Waals surface area contributed by atoms with Crippen molar-refractivity contribution in [2.45, 2.75) is 97.4 Å². The van der Waals surface area contributed by atoms with Crippen LogP contribution in [0.15, 0.2) is 54.6 Å². The molecule has 0 radical (unpaired) electrons. The highest BCUT2D eigenvalue weighted by Gasteiger charge is 2.28. The van der Waals surface area contributed by atoms with Crippen LogP contribution in [0, 0.1) is 0 Å². The van der Waals surface area contributed by atoms with Crippen molar-refractivity contribution in [1.29, 1.82) is 0 Å². The largest absolute Gasteiger partial charge is 0.497 e. The molecular formula is C45H60N6O10S. The molecule has 16 nitrogen and oxygen atoms in total. The molecule has 0 bridgehead atoms. The van der Waals surface area contributed by atoms with Crippen molar-refractivity contribution in [3.8, 4) is 23.0 Å². The van der Waals surface area contributed by atoms with E-state index in [0.29, 0.717) is 48.3 Å². The number of aryl methyl sites for hydroxylation is 2. The van der Waals surface area contributed by atoms with Gasteiger partial charge in [-0.1, -0.05) is 31.9 Å². The second kappa shape index (κ2) is 21.3. The second-order valence-electron chi connectivity index (χ2n) is 16.0. The number of benzene rings is 3. The third kappa shape index (κ3) is 12.9. The molecule has 2 heterocycles. The van der Waals surface area contributed by atoms with E-state index >= 15 is 0 Å². The number of ether oxygens (including phenoxy) is 5. The normalized spacial score (nSPS) is 12.2. The molecule has 5 aromatic rings. The summed E-state index contributed by atoms with van der Waals surface area (Å²) in [6, 6.07) is 16.4. The monoisotopic (exact) mass is 876 g/mol. The number of carbonyl (C=O) groups excluding carboxylic acids is 2. The van der Waals surface area contributed by atoms with Crippen LogP contribution in [0.4, 0.5) is 10.6 Å². The van der Waals surface area contributed by atoms with Gasteiger partial charge in [-0.15, -0.1) is 0 Å². The number of nitrogens with one attached hydrogen (secondary N) is 3. The number of imidazole rings is 1. The van der Waals surface area contributed by atoms with Gasteiger partial charge in [-0.2, -0.15) is 8.42 Å². The molecule has 336 valence electrons. The van der Waals surface area contributed by atoms with E-state index in [4.69, 9.17) is 33.7 Å². The van der Waals surface area contributed by atoms with Gasteiger partial charge in [0.2, 0.25) is 5.91 Å². The summed E-state index contributed by atoms with van der Waals surface area (Å²) in [5.74, 6) is 2.67. The number of aromatic nitrogens is 3. The Morgan fingerprint density at radius 3 is 2.13 bits per heavy atom. The number of nitrogens with zero attached hydrogens (tertiary/aromatic N) is 3. The fraction of sp³-hybridized carbons (Fsp3) is 0.467. The molecule has 1 unspecified atom stereocenters. The molecule has 17 heteroatoms. The summed E-state index contributed by atoms with van der Waals surface area (Å²) in [6.45, 7) is 8.26. The minimum absolute atomic E-state index is 0.241. The van der Waals surface area contributed by atoms with Gasteiger partial charge in [0.05, 0.1) is 46.0 Å². The number of unbranched alkanes of at least 4 members (excludes halogenated alkanes) is 3.